The summed E-state index contributed by atoms with van der Waals surface area (Å²) in [5.41, 5.74) is 1.02. The van der Waals surface area contributed by atoms with Crippen LogP contribution in [0.15, 0.2) is 6.07 Å². The van der Waals surface area contributed by atoms with Crippen LogP contribution in [0.4, 0.5) is 5.82 Å². The summed E-state index contributed by atoms with van der Waals surface area (Å²) in [5.74, 6) is 3.35. The molecule has 2 N–H and O–H groups in total. The average Bonchev–Trinajstić information content (AvgIpc) is 2.85. The third kappa shape index (κ3) is 2.29. The topological polar surface area (TPSA) is 57.8 Å². The van der Waals surface area contributed by atoms with Crippen LogP contribution >= 0.6 is 0 Å². The molecule has 0 radical (unpaired) electrons. The second-order valence-electron chi connectivity index (χ2n) is 7.68. The van der Waals surface area contributed by atoms with Crippen molar-refractivity contribution in [1.82, 2.24) is 10.2 Å². The molecule has 0 saturated heterocycles. The number of aromatic nitrogens is 2. The summed E-state index contributed by atoms with van der Waals surface area (Å²) in [7, 11) is 0. The molecule has 1 aromatic rings. The Bertz CT molecular complexity index is 513. The normalized spacial score (nSPS) is 36.9. The molecule has 4 aliphatic carbocycles. The first kappa shape index (κ1) is 13.4. The highest BCUT2D eigenvalue weighted by Crippen LogP contribution is 2.60. The molecule has 0 atom stereocenters. The number of anilines is 1. The number of nitrogens with one attached hydrogen (secondary N) is 2. The third-order valence-corrected chi connectivity index (χ3v) is 5.91. The van der Waals surface area contributed by atoms with Crippen molar-refractivity contribution >= 4 is 11.7 Å². The van der Waals surface area contributed by atoms with E-state index in [0.717, 1.165) is 55.6 Å². The molecule has 4 bridgehead atoms. The lowest BCUT2D eigenvalue weighted by atomic mass is 9.49. The highest BCUT2D eigenvalue weighted by atomic mass is 16.2. The fraction of sp³-hybridized carbons (Fsp3) is 0.765. The van der Waals surface area contributed by atoms with Gasteiger partial charge in [-0.3, -0.25) is 9.89 Å². The lowest BCUT2D eigenvalue weighted by Crippen LogP contribution is -2.51. The summed E-state index contributed by atoms with van der Waals surface area (Å²) >= 11 is 0. The molecule has 1 amide bonds. The molecule has 4 nitrogen and oxygen atoms in total. The monoisotopic (exact) mass is 287 g/mol. The zero-order valence-corrected chi connectivity index (χ0v) is 12.8. The second kappa shape index (κ2) is 4.85. The predicted octanol–water partition coefficient (Wildman–Crippen LogP) is 3.52. The number of H-pyrrole nitrogens is 1. The molecular weight excluding hydrogens is 262 g/mol. The Balaban J connectivity index is 1.49. The molecule has 1 aromatic heterocycles. The molecule has 0 unspecified atom stereocenters. The lowest BCUT2D eigenvalue weighted by molar-refractivity contribution is -0.140. The van der Waals surface area contributed by atoms with Crippen LogP contribution in [-0.2, 0) is 11.2 Å². The van der Waals surface area contributed by atoms with Gasteiger partial charge in [-0.1, -0.05) is 13.3 Å². The second-order valence-corrected chi connectivity index (χ2v) is 7.68. The summed E-state index contributed by atoms with van der Waals surface area (Å²) in [4.78, 5) is 12.9. The number of amides is 1. The standard InChI is InChI=1S/C17H25N3O/c1-2-3-14-7-15(20-19-14)18-16(21)17-8-11-4-12(9-17)6-13(5-11)10-17/h7,11-13H,2-6,8-10H2,1H3,(H2,18,19,20,21). The maximum atomic E-state index is 12.9. The van der Waals surface area contributed by atoms with E-state index in [2.05, 4.69) is 22.4 Å². The van der Waals surface area contributed by atoms with Gasteiger partial charge in [0.05, 0.1) is 5.41 Å². The smallest absolute Gasteiger partial charge is 0.231 e. The van der Waals surface area contributed by atoms with Crippen molar-refractivity contribution in [3.8, 4) is 0 Å². The van der Waals surface area contributed by atoms with Gasteiger partial charge < -0.3 is 5.32 Å². The van der Waals surface area contributed by atoms with Crippen LogP contribution < -0.4 is 5.32 Å². The van der Waals surface area contributed by atoms with Crippen LogP contribution in [0.5, 0.6) is 0 Å². The highest BCUT2D eigenvalue weighted by Gasteiger charge is 2.54. The molecule has 114 valence electrons. The van der Waals surface area contributed by atoms with E-state index in [9.17, 15) is 4.79 Å². The van der Waals surface area contributed by atoms with Gasteiger partial charge in [0.15, 0.2) is 5.82 Å². The molecule has 4 aliphatic rings. The molecule has 4 fully saturated rings. The van der Waals surface area contributed by atoms with Gasteiger partial charge in [0.2, 0.25) is 5.91 Å². The number of aryl methyl sites for hydroxylation is 1. The number of aromatic amines is 1. The van der Waals surface area contributed by atoms with Gasteiger partial charge >= 0.3 is 0 Å². The van der Waals surface area contributed by atoms with E-state index in [1.165, 1.54) is 19.3 Å². The van der Waals surface area contributed by atoms with Crippen LogP contribution in [0, 0.1) is 23.2 Å². The van der Waals surface area contributed by atoms with Crippen molar-refractivity contribution in [2.24, 2.45) is 23.2 Å². The van der Waals surface area contributed by atoms with E-state index >= 15 is 0 Å². The number of hydrogen-bond donors (Lipinski definition) is 2. The summed E-state index contributed by atoms with van der Waals surface area (Å²) in [6, 6.07) is 1.99. The zero-order valence-electron chi connectivity index (χ0n) is 12.8. The van der Waals surface area contributed by atoms with E-state index in [1.807, 2.05) is 6.07 Å². The van der Waals surface area contributed by atoms with Gasteiger partial charge in [0.25, 0.3) is 0 Å². The Morgan fingerprint density at radius 2 is 1.90 bits per heavy atom. The largest absolute Gasteiger partial charge is 0.309 e. The highest BCUT2D eigenvalue weighted by molar-refractivity contribution is 5.95. The summed E-state index contributed by atoms with van der Waals surface area (Å²) in [6.07, 6.45) is 9.51. The quantitative estimate of drug-likeness (QED) is 0.890. The number of rotatable bonds is 4. The Kier molecular flexibility index (Phi) is 3.09. The van der Waals surface area contributed by atoms with Crippen molar-refractivity contribution in [3.05, 3.63) is 11.8 Å². The Morgan fingerprint density at radius 1 is 1.29 bits per heavy atom. The summed E-state index contributed by atoms with van der Waals surface area (Å²) in [6.45, 7) is 2.15. The lowest BCUT2D eigenvalue weighted by Gasteiger charge is -2.55. The van der Waals surface area contributed by atoms with Gasteiger partial charge in [-0.15, -0.1) is 0 Å². The van der Waals surface area contributed by atoms with Crippen LogP contribution in [0.2, 0.25) is 0 Å². The van der Waals surface area contributed by atoms with Crippen LogP contribution in [0.25, 0.3) is 0 Å². The van der Waals surface area contributed by atoms with Crippen molar-refractivity contribution in [2.45, 2.75) is 58.3 Å². The van der Waals surface area contributed by atoms with E-state index in [1.54, 1.807) is 0 Å². The molecule has 0 aromatic carbocycles. The van der Waals surface area contributed by atoms with E-state index in [4.69, 9.17) is 0 Å². The van der Waals surface area contributed by atoms with Gasteiger partial charge in [-0.25, -0.2) is 0 Å². The fourth-order valence-corrected chi connectivity index (χ4v) is 5.46. The first-order chi connectivity index (χ1) is 10.2. The SMILES string of the molecule is CCCc1cc(NC(=O)C23CC4CC(CC(C4)C2)C3)n[nH]1. The van der Waals surface area contributed by atoms with Crippen molar-refractivity contribution < 1.29 is 4.79 Å². The van der Waals surface area contributed by atoms with Crippen molar-refractivity contribution in [1.29, 1.82) is 0 Å². The molecule has 0 aliphatic heterocycles. The number of hydrogen-bond acceptors (Lipinski definition) is 2. The molecule has 21 heavy (non-hydrogen) atoms. The van der Waals surface area contributed by atoms with Gasteiger partial charge in [0.1, 0.15) is 0 Å². The fourth-order valence-electron chi connectivity index (χ4n) is 5.46. The number of carbonyl (C=O) groups is 1. The van der Waals surface area contributed by atoms with Crippen LogP contribution in [0.1, 0.15) is 57.6 Å². The molecule has 0 spiro atoms. The summed E-state index contributed by atoms with van der Waals surface area (Å²) in [5, 5.41) is 10.4. The summed E-state index contributed by atoms with van der Waals surface area (Å²) < 4.78 is 0. The Labute approximate surface area is 126 Å². The van der Waals surface area contributed by atoms with E-state index in [0.29, 0.717) is 5.82 Å². The Hall–Kier alpha value is -1.32. The number of carbonyl (C=O) groups excluding carboxylic acids is 1. The minimum Gasteiger partial charge on any atom is -0.309 e. The Morgan fingerprint density at radius 3 is 2.48 bits per heavy atom. The number of nitrogens with zero attached hydrogens (tertiary/aromatic N) is 1. The van der Waals surface area contributed by atoms with Crippen molar-refractivity contribution in [2.75, 3.05) is 5.32 Å². The third-order valence-electron chi connectivity index (χ3n) is 5.91. The first-order valence-corrected chi connectivity index (χ1v) is 8.52. The van der Waals surface area contributed by atoms with Crippen molar-refractivity contribution in [3.63, 3.8) is 0 Å². The maximum Gasteiger partial charge on any atom is 0.231 e. The van der Waals surface area contributed by atoms with Crippen LogP contribution in [0.3, 0.4) is 0 Å². The van der Waals surface area contributed by atoms with Gasteiger partial charge in [-0.05, 0) is 62.7 Å². The predicted molar refractivity (Wildman–Crippen MR) is 81.8 cm³/mol. The van der Waals surface area contributed by atoms with Gasteiger partial charge in [-0.2, -0.15) is 5.10 Å². The molecule has 4 saturated carbocycles. The minimum atomic E-state index is -0.0847. The maximum absolute atomic E-state index is 12.9. The van der Waals surface area contributed by atoms with Crippen LogP contribution in [-0.4, -0.2) is 16.1 Å². The molecule has 5 rings (SSSR count). The zero-order chi connectivity index (χ0) is 14.4. The molecule has 1 heterocycles. The molecular formula is C17H25N3O. The van der Waals surface area contributed by atoms with E-state index < -0.39 is 0 Å². The minimum absolute atomic E-state index is 0.0847. The molecule has 4 heteroatoms. The average molecular weight is 287 g/mol. The van der Waals surface area contributed by atoms with E-state index in [-0.39, 0.29) is 11.3 Å². The first-order valence-electron chi connectivity index (χ1n) is 8.52. The van der Waals surface area contributed by atoms with Gasteiger partial charge in [0, 0.05) is 11.8 Å².